The van der Waals surface area contributed by atoms with Crippen LogP contribution in [0.25, 0.3) is 32.8 Å². The molecule has 1 N–H and O–H groups in total. The van der Waals surface area contributed by atoms with Gasteiger partial charge in [-0.1, -0.05) is 70.5 Å². The molecule has 0 aliphatic carbocycles. The molecule has 9 heteroatoms. The number of halogens is 1. The number of esters is 1. The molecule has 0 aliphatic heterocycles. The lowest BCUT2D eigenvalue weighted by molar-refractivity contribution is 0.0512. The zero-order chi connectivity index (χ0) is 32.6. The SMILES string of the molecule is CCOC(=O)c1c(CCCOc2cccc3ccccc23)c2cccc(-c3c(COC(C)C)nn(C)c3CBr)c2n1CCCNC. The van der Waals surface area contributed by atoms with Crippen molar-refractivity contribution < 1.29 is 19.0 Å². The zero-order valence-corrected chi connectivity index (χ0v) is 29.2. The summed E-state index contributed by atoms with van der Waals surface area (Å²) < 4.78 is 22.2. The van der Waals surface area contributed by atoms with Gasteiger partial charge in [0.25, 0.3) is 0 Å². The van der Waals surface area contributed by atoms with Crippen LogP contribution in [0.4, 0.5) is 0 Å². The summed E-state index contributed by atoms with van der Waals surface area (Å²) in [4.78, 5) is 13.8. The molecule has 0 fully saturated rings. The number of rotatable bonds is 16. The third kappa shape index (κ3) is 7.17. The van der Waals surface area contributed by atoms with Crippen molar-refractivity contribution in [2.75, 3.05) is 26.8 Å². The summed E-state index contributed by atoms with van der Waals surface area (Å²) in [6.07, 6.45) is 2.33. The molecule has 0 unspecified atom stereocenters. The van der Waals surface area contributed by atoms with Crippen LogP contribution in [0.1, 0.15) is 61.1 Å². The van der Waals surface area contributed by atoms with Gasteiger partial charge in [-0.05, 0) is 70.6 Å². The molecule has 3 aromatic carbocycles. The number of aromatic nitrogens is 3. The van der Waals surface area contributed by atoms with Crippen molar-refractivity contribution in [1.29, 1.82) is 0 Å². The van der Waals surface area contributed by atoms with Crippen molar-refractivity contribution in [2.45, 2.75) is 64.6 Å². The molecule has 2 heterocycles. The lowest BCUT2D eigenvalue weighted by atomic mass is 9.98. The summed E-state index contributed by atoms with van der Waals surface area (Å²) in [5.41, 5.74) is 6.65. The average molecular weight is 690 g/mol. The molecule has 0 spiro atoms. The van der Waals surface area contributed by atoms with Crippen LogP contribution in [-0.2, 0) is 41.4 Å². The van der Waals surface area contributed by atoms with Gasteiger partial charge in [0.2, 0.25) is 0 Å². The largest absolute Gasteiger partial charge is 0.493 e. The van der Waals surface area contributed by atoms with Gasteiger partial charge in [-0.15, -0.1) is 0 Å². The van der Waals surface area contributed by atoms with E-state index in [1.165, 1.54) is 0 Å². The first-order chi connectivity index (χ1) is 22.4. The second kappa shape index (κ2) is 15.8. The first kappa shape index (κ1) is 33.7. The maximum Gasteiger partial charge on any atom is 0.355 e. The summed E-state index contributed by atoms with van der Waals surface area (Å²) in [5, 5.41) is 12.1. The lowest BCUT2D eigenvalue weighted by Gasteiger charge is -2.15. The number of carbonyl (C=O) groups is 1. The number of nitrogens with zero attached hydrogens (tertiary/aromatic N) is 3. The zero-order valence-electron chi connectivity index (χ0n) is 27.6. The number of aryl methyl sites for hydroxylation is 3. The number of ether oxygens (including phenoxy) is 3. The number of nitrogens with one attached hydrogen (secondary N) is 1. The van der Waals surface area contributed by atoms with Crippen molar-refractivity contribution in [3.8, 4) is 16.9 Å². The van der Waals surface area contributed by atoms with Gasteiger partial charge in [0.15, 0.2) is 0 Å². The topological polar surface area (TPSA) is 79.5 Å². The Balaban J connectivity index is 1.60. The molecule has 0 atom stereocenters. The molecule has 2 aromatic heterocycles. The third-order valence-corrected chi connectivity index (χ3v) is 8.76. The minimum absolute atomic E-state index is 0.0709. The highest BCUT2D eigenvalue weighted by atomic mass is 79.9. The summed E-state index contributed by atoms with van der Waals surface area (Å²) in [6.45, 7) is 8.63. The first-order valence-corrected chi connectivity index (χ1v) is 17.3. The highest BCUT2D eigenvalue weighted by Gasteiger charge is 2.28. The minimum Gasteiger partial charge on any atom is -0.493 e. The minimum atomic E-state index is -0.297. The highest BCUT2D eigenvalue weighted by Crippen LogP contribution is 2.39. The number of para-hydroxylation sites is 1. The molecule has 0 amide bonds. The van der Waals surface area contributed by atoms with Crippen molar-refractivity contribution in [2.24, 2.45) is 7.05 Å². The summed E-state index contributed by atoms with van der Waals surface area (Å²) in [5.74, 6) is 0.574. The fourth-order valence-corrected chi connectivity index (χ4v) is 6.83. The maximum atomic E-state index is 13.8. The predicted molar refractivity (Wildman–Crippen MR) is 189 cm³/mol. The summed E-state index contributed by atoms with van der Waals surface area (Å²) in [6, 6.07) is 20.7. The van der Waals surface area contributed by atoms with Gasteiger partial charge in [-0.25, -0.2) is 4.79 Å². The van der Waals surface area contributed by atoms with E-state index < -0.39 is 0 Å². The molecule has 46 heavy (non-hydrogen) atoms. The summed E-state index contributed by atoms with van der Waals surface area (Å²) >= 11 is 3.72. The normalized spacial score (nSPS) is 11.6. The first-order valence-electron chi connectivity index (χ1n) is 16.2. The molecule has 0 saturated heterocycles. The van der Waals surface area contributed by atoms with E-state index in [2.05, 4.69) is 62.2 Å². The lowest BCUT2D eigenvalue weighted by Crippen LogP contribution is -2.17. The van der Waals surface area contributed by atoms with Gasteiger partial charge >= 0.3 is 5.97 Å². The van der Waals surface area contributed by atoms with E-state index in [4.69, 9.17) is 19.3 Å². The number of fused-ring (bicyclic) bond motifs is 2. The molecular formula is C37H45BrN4O4. The number of hydrogen-bond donors (Lipinski definition) is 1. The standard InChI is InChI=1S/C37H45BrN4O4/c1-6-44-37(43)36-29(18-11-22-45-33-19-9-14-26-13-7-8-15-27(26)33)28-16-10-17-30(35(28)42(36)21-12-20-39-4)34-31(24-46-25(2)3)40-41(5)32(34)23-38/h7-10,13-17,19,25,39H,6,11-12,18,20-24H2,1-5H3. The van der Waals surface area contributed by atoms with Gasteiger partial charge in [-0.2, -0.15) is 5.10 Å². The molecule has 0 saturated carbocycles. The van der Waals surface area contributed by atoms with Crippen molar-refractivity contribution in [3.63, 3.8) is 0 Å². The Morgan fingerprint density at radius 1 is 1.02 bits per heavy atom. The Morgan fingerprint density at radius 3 is 2.54 bits per heavy atom. The smallest absolute Gasteiger partial charge is 0.355 e. The molecule has 5 rings (SSSR count). The fourth-order valence-electron chi connectivity index (χ4n) is 6.19. The van der Waals surface area contributed by atoms with Crippen molar-refractivity contribution >= 4 is 43.6 Å². The molecule has 244 valence electrons. The Bertz CT molecular complexity index is 1790. The number of hydrogen-bond acceptors (Lipinski definition) is 6. The molecule has 0 radical (unpaired) electrons. The van der Waals surface area contributed by atoms with Crippen LogP contribution in [0.5, 0.6) is 5.75 Å². The quantitative estimate of drug-likeness (QED) is 0.0647. The van der Waals surface area contributed by atoms with E-state index in [0.717, 1.165) is 74.9 Å². The average Bonchev–Trinajstić information content (AvgIpc) is 3.55. The van der Waals surface area contributed by atoms with E-state index in [1.807, 2.05) is 63.8 Å². The Labute approximate surface area is 280 Å². The monoisotopic (exact) mass is 688 g/mol. The molecule has 0 aliphatic rings. The van der Waals surface area contributed by atoms with Crippen molar-refractivity contribution in [1.82, 2.24) is 19.7 Å². The maximum absolute atomic E-state index is 13.8. The van der Waals surface area contributed by atoms with Crippen LogP contribution >= 0.6 is 15.9 Å². The van der Waals surface area contributed by atoms with Gasteiger partial charge in [0.05, 0.1) is 42.8 Å². The highest BCUT2D eigenvalue weighted by molar-refractivity contribution is 9.08. The van der Waals surface area contributed by atoms with Crippen LogP contribution in [-0.4, -0.2) is 53.2 Å². The van der Waals surface area contributed by atoms with E-state index in [9.17, 15) is 4.79 Å². The van der Waals surface area contributed by atoms with Crippen LogP contribution < -0.4 is 10.1 Å². The number of benzene rings is 3. The third-order valence-electron chi connectivity index (χ3n) is 8.23. The summed E-state index contributed by atoms with van der Waals surface area (Å²) in [7, 11) is 3.92. The second-order valence-electron chi connectivity index (χ2n) is 11.7. The van der Waals surface area contributed by atoms with E-state index in [1.54, 1.807) is 0 Å². The van der Waals surface area contributed by atoms with E-state index >= 15 is 0 Å². The molecule has 8 nitrogen and oxygen atoms in total. The van der Waals surface area contributed by atoms with Crippen LogP contribution in [0.3, 0.4) is 0 Å². The number of alkyl halides is 1. The molecule has 5 aromatic rings. The Morgan fingerprint density at radius 2 is 1.78 bits per heavy atom. The fraction of sp³-hybridized carbons (Fsp3) is 0.405. The Hall–Kier alpha value is -3.66. The molecule has 0 bridgehead atoms. The van der Waals surface area contributed by atoms with Gasteiger partial charge in [-0.3, -0.25) is 4.68 Å². The Kier molecular flexibility index (Phi) is 11.5. The van der Waals surface area contributed by atoms with Crippen LogP contribution in [0, 0.1) is 0 Å². The van der Waals surface area contributed by atoms with Crippen molar-refractivity contribution in [3.05, 3.63) is 83.3 Å². The number of carbonyl (C=O) groups excluding carboxylic acids is 1. The van der Waals surface area contributed by atoms with Crippen LogP contribution in [0.15, 0.2) is 60.7 Å². The predicted octanol–water partition coefficient (Wildman–Crippen LogP) is 7.81. The van der Waals surface area contributed by atoms with E-state index in [0.29, 0.717) is 43.8 Å². The van der Waals surface area contributed by atoms with Gasteiger partial charge in [0.1, 0.15) is 11.4 Å². The van der Waals surface area contributed by atoms with Crippen LogP contribution in [0.2, 0.25) is 0 Å². The second-order valence-corrected chi connectivity index (χ2v) is 12.2. The molecular weight excluding hydrogens is 644 g/mol. The van der Waals surface area contributed by atoms with E-state index in [-0.39, 0.29) is 12.1 Å². The van der Waals surface area contributed by atoms with Gasteiger partial charge in [0, 0.05) is 40.8 Å². The van der Waals surface area contributed by atoms with Gasteiger partial charge < -0.3 is 24.1 Å².